The molecule has 0 aliphatic carbocycles. The zero-order valence-electron chi connectivity index (χ0n) is 9.41. The van der Waals surface area contributed by atoms with Crippen LogP contribution in [-0.2, 0) is 6.54 Å². The SMILES string of the molecule is Nc1ccc(Cn2cnc3ccsc3c2=O)cn1. The third-order valence-electron chi connectivity index (χ3n) is 2.64. The quantitative estimate of drug-likeness (QED) is 0.755. The van der Waals surface area contributed by atoms with Crippen molar-refractivity contribution in [1.82, 2.24) is 14.5 Å². The van der Waals surface area contributed by atoms with Crippen LogP contribution in [0.2, 0.25) is 0 Å². The van der Waals surface area contributed by atoms with E-state index in [1.807, 2.05) is 17.5 Å². The average Bonchev–Trinajstić information content (AvgIpc) is 2.84. The smallest absolute Gasteiger partial charge is 0.271 e. The average molecular weight is 258 g/mol. The normalized spacial score (nSPS) is 10.9. The predicted molar refractivity (Wildman–Crippen MR) is 71.6 cm³/mol. The number of aromatic nitrogens is 3. The number of hydrogen-bond acceptors (Lipinski definition) is 5. The number of rotatable bonds is 2. The summed E-state index contributed by atoms with van der Waals surface area (Å²) in [6.45, 7) is 0.451. The molecule has 0 unspecified atom stereocenters. The van der Waals surface area contributed by atoms with Gasteiger partial charge in [-0.1, -0.05) is 6.07 Å². The summed E-state index contributed by atoms with van der Waals surface area (Å²) in [5.41, 5.74) is 7.17. The van der Waals surface area contributed by atoms with Gasteiger partial charge in [0.2, 0.25) is 0 Å². The van der Waals surface area contributed by atoms with E-state index < -0.39 is 0 Å². The van der Waals surface area contributed by atoms with E-state index in [9.17, 15) is 4.79 Å². The lowest BCUT2D eigenvalue weighted by Crippen LogP contribution is -2.20. The summed E-state index contributed by atoms with van der Waals surface area (Å²) in [4.78, 5) is 20.4. The highest BCUT2D eigenvalue weighted by atomic mass is 32.1. The van der Waals surface area contributed by atoms with Crippen molar-refractivity contribution in [1.29, 1.82) is 0 Å². The molecule has 90 valence electrons. The van der Waals surface area contributed by atoms with Crippen molar-refractivity contribution in [2.24, 2.45) is 0 Å². The second-order valence-corrected chi connectivity index (χ2v) is 4.82. The number of anilines is 1. The lowest BCUT2D eigenvalue weighted by Gasteiger charge is -2.05. The Labute approximate surface area is 107 Å². The van der Waals surface area contributed by atoms with Crippen LogP contribution in [-0.4, -0.2) is 14.5 Å². The van der Waals surface area contributed by atoms with E-state index in [2.05, 4.69) is 9.97 Å². The molecule has 3 rings (SSSR count). The van der Waals surface area contributed by atoms with E-state index in [1.165, 1.54) is 11.3 Å². The van der Waals surface area contributed by atoms with Gasteiger partial charge in [0.05, 0.1) is 18.4 Å². The number of nitrogens with two attached hydrogens (primary N) is 1. The molecule has 0 atom stereocenters. The first kappa shape index (κ1) is 10.9. The van der Waals surface area contributed by atoms with Crippen LogP contribution in [0, 0.1) is 0 Å². The van der Waals surface area contributed by atoms with Crippen molar-refractivity contribution in [2.45, 2.75) is 6.54 Å². The fourth-order valence-electron chi connectivity index (χ4n) is 1.72. The van der Waals surface area contributed by atoms with Gasteiger partial charge in [0.25, 0.3) is 5.56 Å². The zero-order chi connectivity index (χ0) is 12.5. The van der Waals surface area contributed by atoms with E-state index in [4.69, 9.17) is 5.73 Å². The number of pyridine rings is 1. The summed E-state index contributed by atoms with van der Waals surface area (Å²) in [5.74, 6) is 0.470. The Morgan fingerprint density at radius 3 is 2.94 bits per heavy atom. The molecule has 0 bridgehead atoms. The third-order valence-corrected chi connectivity index (χ3v) is 3.53. The minimum atomic E-state index is -0.0215. The Hall–Kier alpha value is -2.21. The number of thiophene rings is 1. The number of fused-ring (bicyclic) bond motifs is 1. The molecule has 6 heteroatoms. The van der Waals surface area contributed by atoms with Gasteiger partial charge in [-0.3, -0.25) is 9.36 Å². The molecule has 0 aromatic carbocycles. The molecule has 0 fully saturated rings. The Kier molecular flexibility index (Phi) is 2.56. The van der Waals surface area contributed by atoms with Gasteiger partial charge in [0.1, 0.15) is 10.5 Å². The molecule has 3 heterocycles. The fraction of sp³-hybridized carbons (Fsp3) is 0.0833. The van der Waals surface area contributed by atoms with E-state index in [1.54, 1.807) is 23.2 Å². The Bertz CT molecular complexity index is 745. The van der Waals surface area contributed by atoms with Gasteiger partial charge in [-0.25, -0.2) is 9.97 Å². The molecule has 5 nitrogen and oxygen atoms in total. The van der Waals surface area contributed by atoms with Gasteiger partial charge in [0.15, 0.2) is 0 Å². The van der Waals surface area contributed by atoms with Crippen molar-refractivity contribution in [3.63, 3.8) is 0 Å². The van der Waals surface area contributed by atoms with Gasteiger partial charge in [-0.2, -0.15) is 0 Å². The Balaban J connectivity index is 2.02. The van der Waals surface area contributed by atoms with Gasteiger partial charge in [0, 0.05) is 6.20 Å². The second-order valence-electron chi connectivity index (χ2n) is 3.90. The number of hydrogen-bond donors (Lipinski definition) is 1. The van der Waals surface area contributed by atoms with Crippen molar-refractivity contribution in [3.8, 4) is 0 Å². The molecule has 0 saturated carbocycles. The molecule has 0 aliphatic heterocycles. The van der Waals surface area contributed by atoms with E-state index in [0.717, 1.165) is 11.1 Å². The molecule has 0 radical (unpaired) electrons. The summed E-state index contributed by atoms with van der Waals surface area (Å²) in [7, 11) is 0. The van der Waals surface area contributed by atoms with Crippen molar-refractivity contribution in [2.75, 3.05) is 5.73 Å². The zero-order valence-corrected chi connectivity index (χ0v) is 10.2. The van der Waals surface area contributed by atoms with Crippen molar-refractivity contribution in [3.05, 3.63) is 52.0 Å². The molecular formula is C12H10N4OS. The third kappa shape index (κ3) is 1.86. The molecule has 18 heavy (non-hydrogen) atoms. The lowest BCUT2D eigenvalue weighted by atomic mass is 10.3. The molecule has 0 amide bonds. The Morgan fingerprint density at radius 1 is 1.28 bits per heavy atom. The largest absolute Gasteiger partial charge is 0.384 e. The van der Waals surface area contributed by atoms with Crippen LogP contribution >= 0.6 is 11.3 Å². The van der Waals surface area contributed by atoms with Gasteiger partial charge in [-0.05, 0) is 23.1 Å². The molecule has 3 aromatic rings. The van der Waals surface area contributed by atoms with Crippen LogP contribution in [0.5, 0.6) is 0 Å². The van der Waals surface area contributed by atoms with Crippen molar-refractivity contribution < 1.29 is 0 Å². The van der Waals surface area contributed by atoms with Crippen molar-refractivity contribution >= 4 is 27.4 Å². The molecule has 0 saturated heterocycles. The van der Waals surface area contributed by atoms with Gasteiger partial charge < -0.3 is 5.73 Å². The minimum absolute atomic E-state index is 0.0215. The number of nitrogen functional groups attached to an aromatic ring is 1. The number of nitrogens with zero attached hydrogens (tertiary/aromatic N) is 3. The maximum atomic E-state index is 12.1. The van der Waals surface area contributed by atoms with E-state index in [0.29, 0.717) is 17.1 Å². The van der Waals surface area contributed by atoms with Crippen LogP contribution in [0.4, 0.5) is 5.82 Å². The first-order valence-corrected chi connectivity index (χ1v) is 6.25. The summed E-state index contributed by atoms with van der Waals surface area (Å²) in [6.07, 6.45) is 3.23. The maximum absolute atomic E-state index is 12.1. The Morgan fingerprint density at radius 2 is 2.17 bits per heavy atom. The first-order chi connectivity index (χ1) is 8.74. The topological polar surface area (TPSA) is 73.8 Å². The summed E-state index contributed by atoms with van der Waals surface area (Å²) in [5, 5.41) is 1.87. The van der Waals surface area contributed by atoms with Crippen LogP contribution in [0.1, 0.15) is 5.56 Å². The van der Waals surface area contributed by atoms with E-state index >= 15 is 0 Å². The van der Waals surface area contributed by atoms with Crippen LogP contribution in [0.15, 0.2) is 40.9 Å². The van der Waals surface area contributed by atoms with Crippen LogP contribution in [0.25, 0.3) is 10.2 Å². The summed E-state index contributed by atoms with van der Waals surface area (Å²) >= 11 is 1.41. The first-order valence-electron chi connectivity index (χ1n) is 5.37. The van der Waals surface area contributed by atoms with Crippen LogP contribution in [0.3, 0.4) is 0 Å². The molecule has 0 spiro atoms. The summed E-state index contributed by atoms with van der Waals surface area (Å²) in [6, 6.07) is 5.42. The summed E-state index contributed by atoms with van der Waals surface area (Å²) < 4.78 is 2.26. The molecule has 3 aromatic heterocycles. The van der Waals surface area contributed by atoms with Gasteiger partial charge in [-0.15, -0.1) is 11.3 Å². The highest BCUT2D eigenvalue weighted by molar-refractivity contribution is 7.17. The fourth-order valence-corrected chi connectivity index (χ4v) is 2.51. The highest BCUT2D eigenvalue weighted by Crippen LogP contribution is 2.13. The molecule has 2 N–H and O–H groups in total. The maximum Gasteiger partial charge on any atom is 0.271 e. The second kappa shape index (κ2) is 4.23. The molecule has 0 aliphatic rings. The predicted octanol–water partition coefficient (Wildman–Crippen LogP) is 1.48. The monoisotopic (exact) mass is 258 g/mol. The van der Waals surface area contributed by atoms with Crippen LogP contribution < -0.4 is 11.3 Å². The van der Waals surface area contributed by atoms with E-state index in [-0.39, 0.29) is 5.56 Å². The highest BCUT2D eigenvalue weighted by Gasteiger charge is 2.05. The molecular weight excluding hydrogens is 248 g/mol. The van der Waals surface area contributed by atoms with Gasteiger partial charge >= 0.3 is 0 Å². The standard InChI is InChI=1S/C12H10N4OS/c13-10-2-1-8(5-14-10)6-16-7-15-9-3-4-18-11(9)12(16)17/h1-5,7H,6H2,(H2,13,14). The lowest BCUT2D eigenvalue weighted by molar-refractivity contribution is 0.747. The minimum Gasteiger partial charge on any atom is -0.384 e.